The molecule has 0 amide bonds. The molecule has 16 heavy (non-hydrogen) atoms. The topological polar surface area (TPSA) is 35.2 Å². The van der Waals surface area contributed by atoms with E-state index in [0.717, 1.165) is 18.6 Å². The SMILES string of the molecule is CCOc1cc(C)c(CC(N)CC)cc1C. The summed E-state index contributed by atoms with van der Waals surface area (Å²) in [4.78, 5) is 0. The highest BCUT2D eigenvalue weighted by Gasteiger charge is 2.08. The Morgan fingerprint density at radius 3 is 2.44 bits per heavy atom. The van der Waals surface area contributed by atoms with E-state index >= 15 is 0 Å². The molecule has 2 heteroatoms. The summed E-state index contributed by atoms with van der Waals surface area (Å²) >= 11 is 0. The van der Waals surface area contributed by atoms with Crippen LogP contribution in [0.5, 0.6) is 5.75 Å². The van der Waals surface area contributed by atoms with Crippen LogP contribution in [0.25, 0.3) is 0 Å². The monoisotopic (exact) mass is 221 g/mol. The molecule has 90 valence electrons. The van der Waals surface area contributed by atoms with Gasteiger partial charge < -0.3 is 10.5 Å². The zero-order valence-corrected chi connectivity index (χ0v) is 10.8. The second kappa shape index (κ2) is 5.90. The van der Waals surface area contributed by atoms with Crippen LogP contribution < -0.4 is 10.5 Å². The molecule has 0 aliphatic rings. The zero-order chi connectivity index (χ0) is 12.1. The van der Waals surface area contributed by atoms with Gasteiger partial charge in [0.1, 0.15) is 5.75 Å². The van der Waals surface area contributed by atoms with Crippen molar-refractivity contribution < 1.29 is 4.74 Å². The number of aryl methyl sites for hydroxylation is 2. The van der Waals surface area contributed by atoms with Crippen LogP contribution in [0.4, 0.5) is 0 Å². The summed E-state index contributed by atoms with van der Waals surface area (Å²) in [6.45, 7) is 9.07. The second-order valence-electron chi connectivity index (χ2n) is 4.35. The average molecular weight is 221 g/mol. The lowest BCUT2D eigenvalue weighted by atomic mass is 9.97. The first-order valence-electron chi connectivity index (χ1n) is 6.07. The van der Waals surface area contributed by atoms with Gasteiger partial charge in [-0.2, -0.15) is 0 Å². The molecule has 0 bridgehead atoms. The molecule has 1 unspecified atom stereocenters. The van der Waals surface area contributed by atoms with Crippen molar-refractivity contribution in [2.45, 2.75) is 46.6 Å². The smallest absolute Gasteiger partial charge is 0.122 e. The van der Waals surface area contributed by atoms with Gasteiger partial charge in [-0.05, 0) is 56.4 Å². The number of hydrogen-bond acceptors (Lipinski definition) is 2. The molecular weight excluding hydrogens is 198 g/mol. The van der Waals surface area contributed by atoms with Crippen LogP contribution in [-0.2, 0) is 6.42 Å². The molecule has 1 aromatic rings. The molecule has 0 aromatic heterocycles. The van der Waals surface area contributed by atoms with Gasteiger partial charge in [0.25, 0.3) is 0 Å². The fourth-order valence-electron chi connectivity index (χ4n) is 1.81. The Balaban J connectivity index is 2.91. The summed E-state index contributed by atoms with van der Waals surface area (Å²) in [6.07, 6.45) is 1.97. The molecule has 1 atom stereocenters. The summed E-state index contributed by atoms with van der Waals surface area (Å²) in [5.74, 6) is 0.994. The number of ether oxygens (including phenoxy) is 1. The molecule has 0 radical (unpaired) electrons. The number of rotatable bonds is 5. The first-order chi connectivity index (χ1) is 7.58. The lowest BCUT2D eigenvalue weighted by molar-refractivity contribution is 0.337. The quantitative estimate of drug-likeness (QED) is 0.829. The maximum absolute atomic E-state index is 5.99. The maximum Gasteiger partial charge on any atom is 0.122 e. The Morgan fingerprint density at radius 2 is 1.88 bits per heavy atom. The minimum absolute atomic E-state index is 0.260. The summed E-state index contributed by atoms with van der Waals surface area (Å²) in [5.41, 5.74) is 9.81. The van der Waals surface area contributed by atoms with Gasteiger partial charge in [0, 0.05) is 6.04 Å². The van der Waals surface area contributed by atoms with Gasteiger partial charge in [-0.3, -0.25) is 0 Å². The van der Waals surface area contributed by atoms with Gasteiger partial charge in [-0.25, -0.2) is 0 Å². The normalized spacial score (nSPS) is 12.6. The predicted octanol–water partition coefficient (Wildman–Crippen LogP) is 2.98. The lowest BCUT2D eigenvalue weighted by Gasteiger charge is -2.15. The molecule has 0 saturated heterocycles. The summed E-state index contributed by atoms with van der Waals surface area (Å²) in [6, 6.07) is 4.59. The third-order valence-corrected chi connectivity index (χ3v) is 2.94. The van der Waals surface area contributed by atoms with E-state index in [4.69, 9.17) is 10.5 Å². The molecule has 1 rings (SSSR count). The highest BCUT2D eigenvalue weighted by Crippen LogP contribution is 2.23. The molecule has 2 N–H and O–H groups in total. The van der Waals surface area contributed by atoms with E-state index in [1.165, 1.54) is 16.7 Å². The van der Waals surface area contributed by atoms with E-state index in [9.17, 15) is 0 Å². The Morgan fingerprint density at radius 1 is 1.19 bits per heavy atom. The first kappa shape index (κ1) is 13.0. The van der Waals surface area contributed by atoms with Crippen LogP contribution in [0.3, 0.4) is 0 Å². The minimum atomic E-state index is 0.260. The van der Waals surface area contributed by atoms with Gasteiger partial charge in [-0.1, -0.05) is 13.0 Å². The molecule has 1 aromatic carbocycles. The van der Waals surface area contributed by atoms with Crippen molar-refractivity contribution >= 4 is 0 Å². The third kappa shape index (κ3) is 3.24. The predicted molar refractivity (Wildman–Crippen MR) is 69.1 cm³/mol. The Kier molecular flexibility index (Phi) is 4.81. The van der Waals surface area contributed by atoms with Gasteiger partial charge in [-0.15, -0.1) is 0 Å². The van der Waals surface area contributed by atoms with Crippen LogP contribution in [0, 0.1) is 13.8 Å². The van der Waals surface area contributed by atoms with E-state index in [1.54, 1.807) is 0 Å². The van der Waals surface area contributed by atoms with E-state index in [0.29, 0.717) is 6.61 Å². The summed E-state index contributed by atoms with van der Waals surface area (Å²) in [5, 5.41) is 0. The Labute approximate surface area is 98.8 Å². The van der Waals surface area contributed by atoms with Crippen molar-refractivity contribution in [2.24, 2.45) is 5.73 Å². The van der Waals surface area contributed by atoms with Crippen molar-refractivity contribution in [3.63, 3.8) is 0 Å². The van der Waals surface area contributed by atoms with Crippen molar-refractivity contribution in [3.05, 3.63) is 28.8 Å². The van der Waals surface area contributed by atoms with Gasteiger partial charge in [0.15, 0.2) is 0 Å². The van der Waals surface area contributed by atoms with Crippen LogP contribution in [0.2, 0.25) is 0 Å². The third-order valence-electron chi connectivity index (χ3n) is 2.94. The van der Waals surface area contributed by atoms with Crippen LogP contribution in [0.1, 0.15) is 37.0 Å². The van der Waals surface area contributed by atoms with Gasteiger partial charge in [0.05, 0.1) is 6.61 Å². The standard InChI is InChI=1S/C14H23NO/c1-5-13(15)9-12-7-11(4)14(16-6-2)8-10(12)3/h7-8,13H,5-6,9,15H2,1-4H3. The molecule has 0 saturated carbocycles. The largest absolute Gasteiger partial charge is 0.494 e. The van der Waals surface area contributed by atoms with Crippen molar-refractivity contribution in [2.75, 3.05) is 6.61 Å². The lowest BCUT2D eigenvalue weighted by Crippen LogP contribution is -2.21. The Hall–Kier alpha value is -1.02. The minimum Gasteiger partial charge on any atom is -0.494 e. The fraction of sp³-hybridized carbons (Fsp3) is 0.571. The van der Waals surface area contributed by atoms with E-state index in [1.807, 2.05) is 6.92 Å². The molecule has 0 aliphatic heterocycles. The molecule has 0 fully saturated rings. The number of hydrogen-bond donors (Lipinski definition) is 1. The second-order valence-corrected chi connectivity index (χ2v) is 4.35. The highest BCUT2D eigenvalue weighted by atomic mass is 16.5. The van der Waals surface area contributed by atoms with Crippen LogP contribution in [0.15, 0.2) is 12.1 Å². The summed E-state index contributed by atoms with van der Waals surface area (Å²) < 4.78 is 5.57. The number of benzene rings is 1. The average Bonchev–Trinajstić information content (AvgIpc) is 2.25. The van der Waals surface area contributed by atoms with Crippen molar-refractivity contribution in [3.8, 4) is 5.75 Å². The van der Waals surface area contributed by atoms with Crippen molar-refractivity contribution in [1.29, 1.82) is 0 Å². The van der Waals surface area contributed by atoms with Crippen molar-refractivity contribution in [1.82, 2.24) is 0 Å². The van der Waals surface area contributed by atoms with E-state index in [2.05, 4.69) is 32.9 Å². The maximum atomic E-state index is 5.99. The first-order valence-corrected chi connectivity index (χ1v) is 6.07. The number of nitrogens with two attached hydrogens (primary N) is 1. The molecule has 0 heterocycles. The van der Waals surface area contributed by atoms with Gasteiger partial charge >= 0.3 is 0 Å². The molecule has 0 spiro atoms. The van der Waals surface area contributed by atoms with Gasteiger partial charge in [0.2, 0.25) is 0 Å². The summed E-state index contributed by atoms with van der Waals surface area (Å²) in [7, 11) is 0. The van der Waals surface area contributed by atoms with Crippen LogP contribution in [-0.4, -0.2) is 12.6 Å². The molecule has 0 aliphatic carbocycles. The van der Waals surface area contributed by atoms with Crippen LogP contribution >= 0.6 is 0 Å². The molecule has 2 nitrogen and oxygen atoms in total. The highest BCUT2D eigenvalue weighted by molar-refractivity contribution is 5.41. The van der Waals surface area contributed by atoms with E-state index in [-0.39, 0.29) is 6.04 Å². The Bertz CT molecular complexity index is 347. The zero-order valence-electron chi connectivity index (χ0n) is 10.8. The molecular formula is C14H23NO. The fourth-order valence-corrected chi connectivity index (χ4v) is 1.81. The van der Waals surface area contributed by atoms with E-state index < -0.39 is 0 Å².